The molecule has 0 spiro atoms. The summed E-state index contributed by atoms with van der Waals surface area (Å²) in [5.41, 5.74) is 0. The lowest BCUT2D eigenvalue weighted by atomic mass is 10.1. The van der Waals surface area contributed by atoms with E-state index in [9.17, 15) is 14.4 Å². The monoisotopic (exact) mass is 232 g/mol. The highest BCUT2D eigenvalue weighted by molar-refractivity contribution is 7.81. The summed E-state index contributed by atoms with van der Waals surface area (Å²) in [6.07, 6.45) is 0. The van der Waals surface area contributed by atoms with Gasteiger partial charge in [0.1, 0.15) is 6.04 Å². The zero-order valence-corrected chi connectivity index (χ0v) is 9.93. The topological polar surface area (TPSA) is 75.3 Å². The normalized spacial score (nSPS) is 13.9. The molecule has 0 aliphatic carbocycles. The van der Waals surface area contributed by atoms with Crippen LogP contribution in [-0.2, 0) is 14.4 Å². The van der Waals surface area contributed by atoms with Crippen LogP contribution in [0.25, 0.3) is 0 Å². The Labute approximate surface area is 94.4 Å². The fourth-order valence-electron chi connectivity index (χ4n) is 0.904. The summed E-state index contributed by atoms with van der Waals surface area (Å²) in [6, 6.07) is -0.641. The lowest BCUT2D eigenvalue weighted by Crippen LogP contribution is -2.46. The van der Waals surface area contributed by atoms with E-state index < -0.39 is 17.9 Å². The Morgan fingerprint density at radius 3 is 2.13 bits per heavy atom. The third kappa shape index (κ3) is 4.33. The highest BCUT2D eigenvalue weighted by Gasteiger charge is 2.23. The average Bonchev–Trinajstić information content (AvgIpc) is 2.25. The van der Waals surface area contributed by atoms with Crippen molar-refractivity contribution in [2.75, 3.05) is 12.8 Å². The molecule has 0 aliphatic rings. The number of carbonyl (C=O) groups excluding carboxylic acids is 3. The van der Waals surface area contributed by atoms with Crippen molar-refractivity contribution in [3.63, 3.8) is 0 Å². The van der Waals surface area contributed by atoms with E-state index in [0.717, 1.165) is 0 Å². The first-order valence-electron chi connectivity index (χ1n) is 4.59. The zero-order valence-electron chi connectivity index (χ0n) is 9.03. The molecule has 0 rings (SSSR count). The summed E-state index contributed by atoms with van der Waals surface area (Å²) >= 11 is 3.79. The average molecular weight is 232 g/mol. The number of rotatable bonds is 5. The molecule has 0 saturated heterocycles. The van der Waals surface area contributed by atoms with Gasteiger partial charge < -0.3 is 10.6 Å². The Hall–Kier alpha value is -1.04. The second kappa shape index (κ2) is 6.44. The fraction of sp³-hybridized carbons (Fsp3) is 0.667. The van der Waals surface area contributed by atoms with Gasteiger partial charge in [0.2, 0.25) is 11.8 Å². The molecule has 0 radical (unpaired) electrons. The lowest BCUT2D eigenvalue weighted by Gasteiger charge is -2.15. The van der Waals surface area contributed by atoms with Gasteiger partial charge in [-0.1, -0.05) is 0 Å². The summed E-state index contributed by atoms with van der Waals surface area (Å²) in [4.78, 5) is 33.6. The Morgan fingerprint density at radius 2 is 1.73 bits per heavy atom. The maximum Gasteiger partial charge on any atom is 0.242 e. The third-order valence-electron chi connectivity index (χ3n) is 2.03. The smallest absolute Gasteiger partial charge is 0.242 e. The van der Waals surface area contributed by atoms with Crippen molar-refractivity contribution >= 4 is 30.2 Å². The van der Waals surface area contributed by atoms with Gasteiger partial charge in [0.15, 0.2) is 5.78 Å². The first kappa shape index (κ1) is 14.0. The Balaban J connectivity index is 4.24. The van der Waals surface area contributed by atoms with Gasteiger partial charge in [-0.3, -0.25) is 14.4 Å². The molecule has 0 aliphatic heterocycles. The van der Waals surface area contributed by atoms with E-state index in [2.05, 4.69) is 23.3 Å². The van der Waals surface area contributed by atoms with E-state index >= 15 is 0 Å². The van der Waals surface area contributed by atoms with Crippen molar-refractivity contribution in [2.45, 2.75) is 19.9 Å². The molecule has 1 unspecified atom stereocenters. The number of hydrogen-bond acceptors (Lipinski definition) is 4. The number of hydrogen-bond donors (Lipinski definition) is 3. The van der Waals surface area contributed by atoms with Crippen molar-refractivity contribution < 1.29 is 14.4 Å². The highest BCUT2D eigenvalue weighted by Crippen LogP contribution is 1.99. The SMILES string of the molecule is CNC(=O)[C@@H](C)NC(=O)C(C)C(=O)CS. The second-order valence-corrected chi connectivity index (χ2v) is 3.51. The number of Topliss-reactive ketones (excluding diaryl/α,β-unsaturated/α-hetero) is 1. The standard InChI is InChI=1S/C9H16N2O3S/c1-5(7(12)4-15)8(13)11-6(2)9(14)10-3/h5-6,15H,4H2,1-3H3,(H,10,14)(H,11,13)/t5?,6-/m1/s1. The molecule has 0 aromatic heterocycles. The molecule has 0 aromatic rings. The number of likely N-dealkylation sites (N-methyl/N-ethyl adjacent to an activating group) is 1. The summed E-state index contributed by atoms with van der Waals surface area (Å²) in [7, 11) is 1.48. The Morgan fingerprint density at radius 1 is 1.20 bits per heavy atom. The van der Waals surface area contributed by atoms with Gasteiger partial charge in [-0.15, -0.1) is 0 Å². The van der Waals surface area contributed by atoms with Gasteiger partial charge >= 0.3 is 0 Å². The summed E-state index contributed by atoms with van der Waals surface area (Å²) in [6.45, 7) is 3.04. The molecule has 0 saturated carbocycles. The maximum absolute atomic E-state index is 11.4. The molecule has 0 fully saturated rings. The number of amides is 2. The van der Waals surface area contributed by atoms with Gasteiger partial charge in [0.05, 0.1) is 11.7 Å². The molecule has 0 aromatic carbocycles. The van der Waals surface area contributed by atoms with Gasteiger partial charge in [-0.2, -0.15) is 12.6 Å². The van der Waals surface area contributed by atoms with Crippen LogP contribution >= 0.6 is 12.6 Å². The molecule has 0 bridgehead atoms. The van der Waals surface area contributed by atoms with Crippen molar-refractivity contribution in [2.24, 2.45) is 5.92 Å². The molecule has 5 nitrogen and oxygen atoms in total. The van der Waals surface area contributed by atoms with Crippen LogP contribution in [0.4, 0.5) is 0 Å². The van der Waals surface area contributed by atoms with Crippen LogP contribution in [0.3, 0.4) is 0 Å². The molecular weight excluding hydrogens is 216 g/mol. The Kier molecular flexibility index (Phi) is 6.00. The molecule has 15 heavy (non-hydrogen) atoms. The van der Waals surface area contributed by atoms with Gasteiger partial charge in [0.25, 0.3) is 0 Å². The predicted octanol–water partition coefficient (Wildman–Crippen LogP) is -0.628. The Bertz CT molecular complexity index is 268. The zero-order chi connectivity index (χ0) is 12.0. The summed E-state index contributed by atoms with van der Waals surface area (Å²) < 4.78 is 0. The van der Waals surface area contributed by atoms with Gasteiger partial charge in [-0.25, -0.2) is 0 Å². The number of carbonyl (C=O) groups is 3. The second-order valence-electron chi connectivity index (χ2n) is 3.19. The minimum absolute atomic E-state index is 0.0168. The first-order valence-corrected chi connectivity index (χ1v) is 5.22. The predicted molar refractivity (Wildman–Crippen MR) is 59.7 cm³/mol. The first-order chi connectivity index (χ1) is 6.93. The van der Waals surface area contributed by atoms with Gasteiger partial charge in [0, 0.05) is 7.05 Å². The van der Waals surface area contributed by atoms with Crippen LogP contribution < -0.4 is 10.6 Å². The van der Waals surface area contributed by atoms with E-state index in [1.807, 2.05) is 0 Å². The van der Waals surface area contributed by atoms with Crippen LogP contribution in [0.1, 0.15) is 13.8 Å². The van der Waals surface area contributed by atoms with E-state index in [1.54, 1.807) is 6.92 Å². The van der Waals surface area contributed by atoms with Crippen molar-refractivity contribution in [3.8, 4) is 0 Å². The third-order valence-corrected chi connectivity index (χ3v) is 2.34. The van der Waals surface area contributed by atoms with Crippen LogP contribution in [0, 0.1) is 5.92 Å². The molecule has 6 heteroatoms. The quantitative estimate of drug-likeness (QED) is 0.436. The van der Waals surface area contributed by atoms with Crippen molar-refractivity contribution in [3.05, 3.63) is 0 Å². The van der Waals surface area contributed by atoms with E-state index in [0.29, 0.717) is 0 Å². The molecule has 86 valence electrons. The molecule has 0 heterocycles. The highest BCUT2D eigenvalue weighted by atomic mass is 32.1. The van der Waals surface area contributed by atoms with Crippen molar-refractivity contribution in [1.82, 2.24) is 10.6 Å². The minimum Gasteiger partial charge on any atom is -0.357 e. The number of nitrogens with one attached hydrogen (secondary N) is 2. The van der Waals surface area contributed by atoms with Crippen LogP contribution in [0.5, 0.6) is 0 Å². The fourth-order valence-corrected chi connectivity index (χ4v) is 1.18. The van der Waals surface area contributed by atoms with Gasteiger partial charge in [-0.05, 0) is 13.8 Å². The van der Waals surface area contributed by atoms with E-state index in [1.165, 1.54) is 14.0 Å². The van der Waals surface area contributed by atoms with Crippen LogP contribution in [0.15, 0.2) is 0 Å². The van der Waals surface area contributed by atoms with Crippen LogP contribution in [-0.4, -0.2) is 36.4 Å². The largest absolute Gasteiger partial charge is 0.357 e. The molecular formula is C9H16N2O3S. The molecule has 2 atom stereocenters. The van der Waals surface area contributed by atoms with Crippen LogP contribution in [0.2, 0.25) is 0 Å². The van der Waals surface area contributed by atoms with E-state index in [4.69, 9.17) is 0 Å². The van der Waals surface area contributed by atoms with Crippen molar-refractivity contribution in [1.29, 1.82) is 0 Å². The summed E-state index contributed by atoms with van der Waals surface area (Å²) in [5, 5.41) is 4.84. The molecule has 2 N–H and O–H groups in total. The number of ketones is 1. The maximum atomic E-state index is 11.4. The minimum atomic E-state index is -0.769. The number of thiol groups is 1. The molecule has 2 amide bonds. The lowest BCUT2D eigenvalue weighted by molar-refractivity contribution is -0.135. The summed E-state index contributed by atoms with van der Waals surface area (Å²) in [5.74, 6) is -1.77. The van der Waals surface area contributed by atoms with E-state index in [-0.39, 0.29) is 17.4 Å².